The predicted octanol–water partition coefficient (Wildman–Crippen LogP) is 3.81. The fourth-order valence-electron chi connectivity index (χ4n) is 2.43. The number of carboxylic acid groups (broad SMARTS) is 1. The molecule has 0 saturated heterocycles. The lowest BCUT2D eigenvalue weighted by atomic mass is 9.67. The normalized spacial score (nSPS) is 12.9. The number of carbonyl (C=O) groups is 1. The lowest BCUT2D eigenvalue weighted by Crippen LogP contribution is -2.39. The molecule has 2 nitrogen and oxygen atoms in total. The molecule has 0 aliphatic rings. The van der Waals surface area contributed by atoms with Gasteiger partial charge >= 0.3 is 5.97 Å². The molecule has 0 unspecified atom stereocenters. The highest BCUT2D eigenvalue weighted by molar-refractivity contribution is 5.75. The van der Waals surface area contributed by atoms with E-state index in [2.05, 4.69) is 27.7 Å². The zero-order valence-corrected chi connectivity index (χ0v) is 11.0. The first-order valence-electron chi connectivity index (χ1n) is 5.95. The van der Waals surface area contributed by atoms with Crippen molar-refractivity contribution in [1.82, 2.24) is 0 Å². The highest BCUT2D eigenvalue weighted by atomic mass is 16.4. The molecule has 0 fully saturated rings. The van der Waals surface area contributed by atoms with Crippen molar-refractivity contribution in [2.45, 2.75) is 54.4 Å². The maximum atomic E-state index is 11.5. The van der Waals surface area contributed by atoms with E-state index in [1.165, 1.54) is 0 Å². The number of aliphatic carboxylic acids is 1. The minimum absolute atomic E-state index is 0.194. The standard InChI is InChI=1S/C13H26O2/c1-9(2)7-13(11(5)6,12(14)15)8-10(3)4/h9-11H,7-8H2,1-6H3,(H,14,15). The molecule has 0 aromatic carbocycles. The van der Waals surface area contributed by atoms with Crippen LogP contribution in [0, 0.1) is 23.2 Å². The Morgan fingerprint density at radius 3 is 1.47 bits per heavy atom. The lowest BCUT2D eigenvalue weighted by molar-refractivity contribution is -0.154. The van der Waals surface area contributed by atoms with Crippen LogP contribution in [0.4, 0.5) is 0 Å². The molecule has 15 heavy (non-hydrogen) atoms. The molecule has 90 valence electrons. The topological polar surface area (TPSA) is 37.3 Å². The molecular formula is C13H26O2. The van der Waals surface area contributed by atoms with E-state index in [9.17, 15) is 9.90 Å². The summed E-state index contributed by atoms with van der Waals surface area (Å²) in [6, 6.07) is 0. The minimum Gasteiger partial charge on any atom is -0.481 e. The van der Waals surface area contributed by atoms with E-state index in [1.807, 2.05) is 13.8 Å². The molecule has 0 heterocycles. The van der Waals surface area contributed by atoms with Crippen molar-refractivity contribution in [3.8, 4) is 0 Å². The van der Waals surface area contributed by atoms with Crippen molar-refractivity contribution < 1.29 is 9.90 Å². The summed E-state index contributed by atoms with van der Waals surface area (Å²) in [7, 11) is 0. The van der Waals surface area contributed by atoms with E-state index < -0.39 is 11.4 Å². The summed E-state index contributed by atoms with van der Waals surface area (Å²) in [4.78, 5) is 11.5. The zero-order chi connectivity index (χ0) is 12.2. The van der Waals surface area contributed by atoms with Crippen molar-refractivity contribution in [2.24, 2.45) is 23.2 Å². The Bertz CT molecular complexity index is 195. The van der Waals surface area contributed by atoms with Gasteiger partial charge in [-0.2, -0.15) is 0 Å². The fraction of sp³-hybridized carbons (Fsp3) is 0.923. The van der Waals surface area contributed by atoms with E-state index >= 15 is 0 Å². The smallest absolute Gasteiger partial charge is 0.309 e. The Morgan fingerprint density at radius 1 is 1.00 bits per heavy atom. The van der Waals surface area contributed by atoms with Crippen molar-refractivity contribution in [2.75, 3.05) is 0 Å². The number of hydrogen-bond donors (Lipinski definition) is 1. The van der Waals surface area contributed by atoms with Crippen LogP contribution in [-0.4, -0.2) is 11.1 Å². The van der Waals surface area contributed by atoms with Crippen LogP contribution in [0.25, 0.3) is 0 Å². The molecular weight excluding hydrogens is 188 g/mol. The van der Waals surface area contributed by atoms with Gasteiger partial charge in [-0.3, -0.25) is 4.79 Å². The molecule has 0 aromatic rings. The zero-order valence-electron chi connectivity index (χ0n) is 11.0. The summed E-state index contributed by atoms with van der Waals surface area (Å²) in [5, 5.41) is 9.49. The molecule has 0 spiro atoms. The third kappa shape index (κ3) is 3.84. The van der Waals surface area contributed by atoms with Gasteiger partial charge in [0, 0.05) is 0 Å². The highest BCUT2D eigenvalue weighted by Crippen LogP contribution is 2.40. The van der Waals surface area contributed by atoms with Gasteiger partial charge in [-0.25, -0.2) is 0 Å². The van der Waals surface area contributed by atoms with E-state index in [4.69, 9.17) is 0 Å². The van der Waals surface area contributed by atoms with Crippen LogP contribution in [0.2, 0.25) is 0 Å². The second kappa shape index (κ2) is 5.53. The average Bonchev–Trinajstić information content (AvgIpc) is 1.99. The highest BCUT2D eigenvalue weighted by Gasteiger charge is 2.42. The maximum Gasteiger partial charge on any atom is 0.309 e. The van der Waals surface area contributed by atoms with Gasteiger partial charge in [0.15, 0.2) is 0 Å². The molecule has 0 radical (unpaired) electrons. The molecule has 2 heteroatoms. The summed E-state index contributed by atoms with van der Waals surface area (Å²) in [5.41, 5.74) is -0.539. The molecule has 0 atom stereocenters. The molecule has 0 aliphatic heterocycles. The van der Waals surface area contributed by atoms with Gasteiger partial charge < -0.3 is 5.11 Å². The van der Waals surface area contributed by atoms with Gasteiger partial charge in [0.2, 0.25) is 0 Å². The number of hydrogen-bond acceptors (Lipinski definition) is 1. The number of rotatable bonds is 6. The molecule has 1 N–H and O–H groups in total. The van der Waals surface area contributed by atoms with E-state index in [1.54, 1.807) is 0 Å². The van der Waals surface area contributed by atoms with Crippen LogP contribution in [0.1, 0.15) is 54.4 Å². The first-order chi connectivity index (χ1) is 6.72. The summed E-state index contributed by atoms with van der Waals surface area (Å²) in [6.07, 6.45) is 1.55. The van der Waals surface area contributed by atoms with Crippen molar-refractivity contribution in [3.63, 3.8) is 0 Å². The second-order valence-electron chi connectivity index (χ2n) is 5.81. The Morgan fingerprint density at radius 2 is 1.33 bits per heavy atom. The summed E-state index contributed by atoms with van der Waals surface area (Å²) < 4.78 is 0. The first kappa shape index (κ1) is 14.5. The Balaban J connectivity index is 4.99. The molecule has 0 bridgehead atoms. The minimum atomic E-state index is -0.625. The van der Waals surface area contributed by atoms with Crippen LogP contribution in [0.15, 0.2) is 0 Å². The largest absolute Gasteiger partial charge is 0.481 e. The van der Waals surface area contributed by atoms with Crippen LogP contribution in [-0.2, 0) is 4.79 Å². The van der Waals surface area contributed by atoms with Crippen LogP contribution < -0.4 is 0 Å². The van der Waals surface area contributed by atoms with Gasteiger partial charge in [-0.1, -0.05) is 41.5 Å². The van der Waals surface area contributed by atoms with Crippen LogP contribution in [0.5, 0.6) is 0 Å². The summed E-state index contributed by atoms with van der Waals surface area (Å²) in [6.45, 7) is 12.4. The van der Waals surface area contributed by atoms with E-state index in [0.717, 1.165) is 12.8 Å². The predicted molar refractivity (Wildman–Crippen MR) is 63.8 cm³/mol. The molecule has 0 amide bonds. The third-order valence-electron chi connectivity index (χ3n) is 3.08. The Labute approximate surface area is 94.1 Å². The number of carboxylic acids is 1. The first-order valence-corrected chi connectivity index (χ1v) is 5.95. The van der Waals surface area contributed by atoms with Gasteiger partial charge in [-0.15, -0.1) is 0 Å². The fourth-order valence-corrected chi connectivity index (χ4v) is 2.43. The lowest BCUT2D eigenvalue weighted by Gasteiger charge is -2.36. The van der Waals surface area contributed by atoms with Gasteiger partial charge in [-0.05, 0) is 30.6 Å². The molecule has 0 rings (SSSR count). The van der Waals surface area contributed by atoms with Crippen LogP contribution in [0.3, 0.4) is 0 Å². The molecule has 0 aliphatic carbocycles. The summed E-state index contributed by atoms with van der Waals surface area (Å²) in [5.74, 6) is 0.434. The van der Waals surface area contributed by atoms with Gasteiger partial charge in [0.1, 0.15) is 0 Å². The second-order valence-corrected chi connectivity index (χ2v) is 5.81. The van der Waals surface area contributed by atoms with Crippen molar-refractivity contribution in [3.05, 3.63) is 0 Å². The molecule has 0 saturated carbocycles. The van der Waals surface area contributed by atoms with Crippen LogP contribution >= 0.6 is 0 Å². The van der Waals surface area contributed by atoms with E-state index in [0.29, 0.717) is 11.8 Å². The van der Waals surface area contributed by atoms with E-state index in [-0.39, 0.29) is 5.92 Å². The quantitative estimate of drug-likeness (QED) is 0.730. The maximum absolute atomic E-state index is 11.5. The Kier molecular flexibility index (Phi) is 5.33. The third-order valence-corrected chi connectivity index (χ3v) is 3.08. The Hall–Kier alpha value is -0.530. The van der Waals surface area contributed by atoms with Gasteiger partial charge in [0.25, 0.3) is 0 Å². The summed E-state index contributed by atoms with van der Waals surface area (Å²) >= 11 is 0. The van der Waals surface area contributed by atoms with Crippen molar-refractivity contribution >= 4 is 5.97 Å². The SMILES string of the molecule is CC(C)CC(CC(C)C)(C(=O)O)C(C)C. The molecule has 0 aromatic heterocycles. The average molecular weight is 214 g/mol. The van der Waals surface area contributed by atoms with Crippen molar-refractivity contribution in [1.29, 1.82) is 0 Å². The van der Waals surface area contributed by atoms with Gasteiger partial charge in [0.05, 0.1) is 5.41 Å². The monoisotopic (exact) mass is 214 g/mol.